The fourth-order valence-corrected chi connectivity index (χ4v) is 2.97. The van der Waals surface area contributed by atoms with E-state index in [-0.39, 0.29) is 6.04 Å². The first-order chi connectivity index (χ1) is 7.27. The van der Waals surface area contributed by atoms with Gasteiger partial charge >= 0.3 is 0 Å². The van der Waals surface area contributed by atoms with Crippen LogP contribution < -0.4 is 5.73 Å². The molecule has 0 aromatic carbocycles. The second-order valence-corrected chi connectivity index (χ2v) is 5.09. The zero-order valence-corrected chi connectivity index (χ0v) is 9.78. The summed E-state index contributed by atoms with van der Waals surface area (Å²) in [5.41, 5.74) is 6.15. The van der Waals surface area contributed by atoms with E-state index in [9.17, 15) is 0 Å². The topological polar surface area (TPSA) is 69.6 Å². The molecule has 1 saturated carbocycles. The van der Waals surface area contributed by atoms with Crippen molar-refractivity contribution in [2.75, 3.05) is 5.75 Å². The monoisotopic (exact) mass is 227 g/mol. The maximum absolute atomic E-state index is 6.15. The van der Waals surface area contributed by atoms with Gasteiger partial charge in [0.2, 0.25) is 5.16 Å². The summed E-state index contributed by atoms with van der Waals surface area (Å²) in [6, 6.07) is 0.286. The largest absolute Gasteiger partial charge is 0.327 e. The molecule has 2 N–H and O–H groups in total. The van der Waals surface area contributed by atoms with Crippen LogP contribution in [0.3, 0.4) is 0 Å². The van der Waals surface area contributed by atoms with Gasteiger partial charge in [0, 0.05) is 18.8 Å². The third kappa shape index (κ3) is 2.69. The second-order valence-electron chi connectivity index (χ2n) is 4.10. The van der Waals surface area contributed by atoms with Crippen molar-refractivity contribution < 1.29 is 0 Å². The maximum Gasteiger partial charge on any atom is 0.209 e. The molecular formula is C9H17N5S. The molecule has 1 aromatic rings. The van der Waals surface area contributed by atoms with E-state index >= 15 is 0 Å². The van der Waals surface area contributed by atoms with Crippen molar-refractivity contribution in [1.82, 2.24) is 20.2 Å². The number of aryl methyl sites for hydroxylation is 1. The van der Waals surface area contributed by atoms with E-state index in [0.29, 0.717) is 5.92 Å². The third-order valence-corrected chi connectivity index (χ3v) is 4.15. The number of tetrazole rings is 1. The molecule has 2 rings (SSSR count). The maximum atomic E-state index is 6.15. The van der Waals surface area contributed by atoms with E-state index in [1.54, 1.807) is 16.4 Å². The molecule has 84 valence electrons. The van der Waals surface area contributed by atoms with Gasteiger partial charge in [0.15, 0.2) is 0 Å². The van der Waals surface area contributed by atoms with E-state index in [1.807, 2.05) is 7.05 Å². The van der Waals surface area contributed by atoms with Crippen molar-refractivity contribution in [3.8, 4) is 0 Å². The van der Waals surface area contributed by atoms with Crippen molar-refractivity contribution in [2.24, 2.45) is 18.7 Å². The number of hydrogen-bond acceptors (Lipinski definition) is 5. The van der Waals surface area contributed by atoms with Crippen molar-refractivity contribution in [2.45, 2.75) is 36.9 Å². The molecule has 1 aromatic heterocycles. The van der Waals surface area contributed by atoms with Crippen LogP contribution in [-0.2, 0) is 7.05 Å². The Morgan fingerprint density at radius 1 is 1.53 bits per heavy atom. The minimum Gasteiger partial charge on any atom is -0.327 e. The van der Waals surface area contributed by atoms with Gasteiger partial charge in [0.1, 0.15) is 0 Å². The molecule has 0 radical (unpaired) electrons. The van der Waals surface area contributed by atoms with Crippen LogP contribution in [0.4, 0.5) is 0 Å². The number of hydrogen-bond donors (Lipinski definition) is 1. The van der Waals surface area contributed by atoms with Gasteiger partial charge in [-0.05, 0) is 29.2 Å². The highest BCUT2D eigenvalue weighted by molar-refractivity contribution is 7.99. The normalized spacial score (nSPS) is 19.6. The molecule has 0 amide bonds. The summed E-state index contributed by atoms with van der Waals surface area (Å²) in [6.45, 7) is 0. The lowest BCUT2D eigenvalue weighted by atomic mass is 10.0. The number of rotatable bonds is 4. The first kappa shape index (κ1) is 10.9. The van der Waals surface area contributed by atoms with Gasteiger partial charge in [-0.25, -0.2) is 4.68 Å². The van der Waals surface area contributed by atoms with Crippen LogP contribution in [0, 0.1) is 5.92 Å². The van der Waals surface area contributed by atoms with Crippen molar-refractivity contribution in [3.63, 3.8) is 0 Å². The number of nitrogens with zero attached hydrogens (tertiary/aromatic N) is 4. The smallest absolute Gasteiger partial charge is 0.209 e. The quantitative estimate of drug-likeness (QED) is 0.771. The molecule has 15 heavy (non-hydrogen) atoms. The lowest BCUT2D eigenvalue weighted by molar-refractivity contribution is 0.463. The Morgan fingerprint density at radius 2 is 2.27 bits per heavy atom. The van der Waals surface area contributed by atoms with Gasteiger partial charge in [-0.15, -0.1) is 5.10 Å². The molecule has 1 unspecified atom stereocenters. The van der Waals surface area contributed by atoms with E-state index in [0.717, 1.165) is 10.9 Å². The fraction of sp³-hybridized carbons (Fsp3) is 0.889. The van der Waals surface area contributed by atoms with Crippen LogP contribution in [0.1, 0.15) is 25.7 Å². The van der Waals surface area contributed by atoms with E-state index in [2.05, 4.69) is 15.5 Å². The Balaban J connectivity index is 1.80. The summed E-state index contributed by atoms with van der Waals surface area (Å²) in [5.74, 6) is 1.62. The molecular weight excluding hydrogens is 210 g/mol. The van der Waals surface area contributed by atoms with Gasteiger partial charge < -0.3 is 5.73 Å². The molecule has 1 atom stereocenters. The highest BCUT2D eigenvalue weighted by Gasteiger charge is 2.22. The zero-order chi connectivity index (χ0) is 10.7. The summed E-state index contributed by atoms with van der Waals surface area (Å²) >= 11 is 1.65. The highest BCUT2D eigenvalue weighted by Crippen LogP contribution is 2.29. The average molecular weight is 227 g/mol. The molecule has 1 heterocycles. The van der Waals surface area contributed by atoms with Crippen LogP contribution in [0.5, 0.6) is 0 Å². The van der Waals surface area contributed by atoms with E-state index in [1.165, 1.54) is 25.7 Å². The van der Waals surface area contributed by atoms with Gasteiger partial charge in [-0.1, -0.05) is 24.6 Å². The van der Waals surface area contributed by atoms with Gasteiger partial charge in [-0.3, -0.25) is 0 Å². The summed E-state index contributed by atoms with van der Waals surface area (Å²) in [4.78, 5) is 0. The summed E-state index contributed by atoms with van der Waals surface area (Å²) in [5, 5.41) is 12.2. The lowest BCUT2D eigenvalue weighted by Gasteiger charge is -2.17. The third-order valence-electron chi connectivity index (χ3n) is 2.99. The fourth-order valence-electron chi connectivity index (χ4n) is 2.04. The van der Waals surface area contributed by atoms with Crippen molar-refractivity contribution in [1.29, 1.82) is 0 Å². The SMILES string of the molecule is Cn1nnnc1SCC(N)C1CCCC1. The van der Waals surface area contributed by atoms with Gasteiger partial charge in [-0.2, -0.15) is 0 Å². The Bertz CT molecular complexity index is 307. The van der Waals surface area contributed by atoms with Crippen molar-refractivity contribution >= 4 is 11.8 Å². The van der Waals surface area contributed by atoms with Crippen LogP contribution in [0.2, 0.25) is 0 Å². The molecule has 0 spiro atoms. The summed E-state index contributed by atoms with van der Waals surface area (Å²) in [7, 11) is 1.85. The predicted molar refractivity (Wildman–Crippen MR) is 59.5 cm³/mol. The molecule has 1 aliphatic rings. The average Bonchev–Trinajstić information content (AvgIpc) is 2.85. The molecule has 0 bridgehead atoms. The van der Waals surface area contributed by atoms with Gasteiger partial charge in [0.25, 0.3) is 0 Å². The van der Waals surface area contributed by atoms with Crippen LogP contribution in [-0.4, -0.2) is 32.0 Å². The first-order valence-corrected chi connectivity index (χ1v) is 6.36. The minimum absolute atomic E-state index is 0.286. The highest BCUT2D eigenvalue weighted by atomic mass is 32.2. The standard InChI is InChI=1S/C9H17N5S/c1-14-9(11-12-13-14)15-6-8(10)7-4-2-3-5-7/h7-8H,2-6,10H2,1H3. The van der Waals surface area contributed by atoms with Crippen LogP contribution in [0.15, 0.2) is 5.16 Å². The van der Waals surface area contributed by atoms with E-state index < -0.39 is 0 Å². The summed E-state index contributed by atoms with van der Waals surface area (Å²) < 4.78 is 1.69. The van der Waals surface area contributed by atoms with E-state index in [4.69, 9.17) is 5.73 Å². The number of nitrogens with two attached hydrogens (primary N) is 1. The number of aromatic nitrogens is 4. The Labute approximate surface area is 93.8 Å². The molecule has 6 heteroatoms. The van der Waals surface area contributed by atoms with Gasteiger partial charge in [0.05, 0.1) is 0 Å². The lowest BCUT2D eigenvalue weighted by Crippen LogP contribution is -2.30. The molecule has 5 nitrogen and oxygen atoms in total. The first-order valence-electron chi connectivity index (χ1n) is 5.38. The molecule has 1 aliphatic carbocycles. The predicted octanol–water partition coefficient (Wildman–Crippen LogP) is 0.820. The zero-order valence-electron chi connectivity index (χ0n) is 8.96. The molecule has 0 saturated heterocycles. The molecule has 0 aliphatic heterocycles. The Morgan fingerprint density at radius 3 is 2.87 bits per heavy atom. The minimum atomic E-state index is 0.286. The van der Waals surface area contributed by atoms with Crippen molar-refractivity contribution in [3.05, 3.63) is 0 Å². The number of thioether (sulfide) groups is 1. The van der Waals surface area contributed by atoms with Crippen LogP contribution in [0.25, 0.3) is 0 Å². The Hall–Kier alpha value is -0.620. The molecule has 1 fully saturated rings. The Kier molecular flexibility index (Phi) is 3.58. The second kappa shape index (κ2) is 4.94. The summed E-state index contributed by atoms with van der Waals surface area (Å²) in [6.07, 6.45) is 5.26. The van der Waals surface area contributed by atoms with Crippen LogP contribution >= 0.6 is 11.8 Å².